The maximum Gasteiger partial charge on any atom is 0.225 e. The van der Waals surface area contributed by atoms with Gasteiger partial charge in [0, 0.05) is 20.5 Å². The van der Waals surface area contributed by atoms with Gasteiger partial charge in [0.25, 0.3) is 0 Å². The molecule has 126 valence electrons. The minimum Gasteiger partial charge on any atom is -0.349 e. The summed E-state index contributed by atoms with van der Waals surface area (Å²) in [5.74, 6) is -0.140. The van der Waals surface area contributed by atoms with Gasteiger partial charge in [-0.25, -0.2) is 0 Å². The van der Waals surface area contributed by atoms with Gasteiger partial charge < -0.3 is 10.2 Å². The molecule has 0 heterocycles. The number of carbonyl (C=O) groups excluding carboxylic acids is 2. The molecule has 0 saturated heterocycles. The molecular weight excluding hydrogens is 300 g/mol. The SMILES string of the molecule is CC(=O)N[C@@H](CC(=O)N(C)Cc1ccccc1C)c1ccccc1. The number of hydrogen-bond donors (Lipinski definition) is 1. The largest absolute Gasteiger partial charge is 0.349 e. The molecule has 0 radical (unpaired) electrons. The first-order chi connectivity index (χ1) is 11.5. The van der Waals surface area contributed by atoms with Crippen LogP contribution in [0.25, 0.3) is 0 Å². The Balaban J connectivity index is 2.06. The molecule has 0 aliphatic heterocycles. The number of benzene rings is 2. The summed E-state index contributed by atoms with van der Waals surface area (Å²) >= 11 is 0. The summed E-state index contributed by atoms with van der Waals surface area (Å²) < 4.78 is 0. The standard InChI is InChI=1S/C20H24N2O2/c1-15-9-7-8-12-18(15)14-22(3)20(24)13-19(21-16(2)23)17-10-5-4-6-11-17/h4-12,19H,13-14H2,1-3H3,(H,21,23)/t19-/m0/s1. The van der Waals surface area contributed by atoms with E-state index in [4.69, 9.17) is 0 Å². The Morgan fingerprint density at radius 2 is 1.67 bits per heavy atom. The zero-order chi connectivity index (χ0) is 17.5. The van der Waals surface area contributed by atoms with Crippen LogP contribution < -0.4 is 5.32 Å². The van der Waals surface area contributed by atoms with E-state index in [0.29, 0.717) is 6.54 Å². The van der Waals surface area contributed by atoms with Crippen molar-refractivity contribution in [3.63, 3.8) is 0 Å². The minimum absolute atomic E-state index is 0.000793. The smallest absolute Gasteiger partial charge is 0.225 e. The Hall–Kier alpha value is -2.62. The Kier molecular flexibility index (Phi) is 6.13. The molecule has 2 rings (SSSR count). The lowest BCUT2D eigenvalue weighted by Gasteiger charge is -2.23. The summed E-state index contributed by atoms with van der Waals surface area (Å²) in [6, 6.07) is 17.3. The first-order valence-electron chi connectivity index (χ1n) is 8.08. The van der Waals surface area contributed by atoms with Gasteiger partial charge in [-0.2, -0.15) is 0 Å². The van der Waals surface area contributed by atoms with Crippen LogP contribution in [0.1, 0.15) is 36.1 Å². The topological polar surface area (TPSA) is 49.4 Å². The van der Waals surface area contributed by atoms with Gasteiger partial charge >= 0.3 is 0 Å². The lowest BCUT2D eigenvalue weighted by molar-refractivity contribution is -0.131. The fourth-order valence-corrected chi connectivity index (χ4v) is 2.64. The molecular formula is C20H24N2O2. The molecule has 2 aromatic carbocycles. The van der Waals surface area contributed by atoms with Gasteiger partial charge in [-0.15, -0.1) is 0 Å². The fourth-order valence-electron chi connectivity index (χ4n) is 2.64. The van der Waals surface area contributed by atoms with Crippen molar-refractivity contribution in [3.8, 4) is 0 Å². The molecule has 2 aromatic rings. The second-order valence-corrected chi connectivity index (χ2v) is 6.04. The molecule has 0 unspecified atom stereocenters. The number of rotatable bonds is 6. The third-order valence-corrected chi connectivity index (χ3v) is 4.05. The van der Waals surface area contributed by atoms with E-state index in [0.717, 1.165) is 11.1 Å². The van der Waals surface area contributed by atoms with E-state index in [1.807, 2.05) is 61.5 Å². The van der Waals surface area contributed by atoms with Gasteiger partial charge in [-0.05, 0) is 23.6 Å². The average Bonchev–Trinajstić information content (AvgIpc) is 2.56. The zero-order valence-corrected chi connectivity index (χ0v) is 14.5. The molecule has 24 heavy (non-hydrogen) atoms. The molecule has 0 bridgehead atoms. The van der Waals surface area contributed by atoms with Gasteiger partial charge in [0.1, 0.15) is 0 Å². The minimum atomic E-state index is -0.310. The van der Waals surface area contributed by atoms with Gasteiger partial charge in [-0.1, -0.05) is 54.6 Å². The third kappa shape index (κ3) is 4.95. The summed E-state index contributed by atoms with van der Waals surface area (Å²) in [6.45, 7) is 4.07. The Morgan fingerprint density at radius 1 is 1.04 bits per heavy atom. The zero-order valence-electron chi connectivity index (χ0n) is 14.5. The summed E-state index contributed by atoms with van der Waals surface area (Å²) in [4.78, 5) is 25.8. The summed E-state index contributed by atoms with van der Waals surface area (Å²) in [6.07, 6.45) is 0.242. The number of amides is 2. The maximum absolute atomic E-state index is 12.6. The number of carbonyl (C=O) groups is 2. The second kappa shape index (κ2) is 8.29. The lowest BCUT2D eigenvalue weighted by Crippen LogP contribution is -2.33. The molecule has 0 aromatic heterocycles. The molecule has 2 amide bonds. The van der Waals surface area contributed by atoms with E-state index in [9.17, 15) is 9.59 Å². The Bertz CT molecular complexity index is 698. The predicted octanol–water partition coefficient (Wildman–Crippen LogP) is 3.22. The molecule has 4 heteroatoms. The van der Waals surface area contributed by atoms with E-state index in [-0.39, 0.29) is 24.3 Å². The highest BCUT2D eigenvalue weighted by atomic mass is 16.2. The first kappa shape index (κ1) is 17.7. The maximum atomic E-state index is 12.6. The van der Waals surface area contributed by atoms with Crippen LogP contribution in [-0.2, 0) is 16.1 Å². The molecule has 0 spiro atoms. The Labute approximate surface area is 143 Å². The number of hydrogen-bond acceptors (Lipinski definition) is 2. The van der Waals surface area contributed by atoms with Crippen LogP contribution in [0.3, 0.4) is 0 Å². The van der Waals surface area contributed by atoms with Crippen molar-refractivity contribution in [2.45, 2.75) is 32.9 Å². The summed E-state index contributed by atoms with van der Waals surface area (Å²) in [5.41, 5.74) is 3.23. The fraction of sp³-hybridized carbons (Fsp3) is 0.300. The van der Waals surface area contributed by atoms with Crippen LogP contribution >= 0.6 is 0 Å². The summed E-state index contributed by atoms with van der Waals surface area (Å²) in [5, 5.41) is 2.87. The summed E-state index contributed by atoms with van der Waals surface area (Å²) in [7, 11) is 1.80. The van der Waals surface area contributed by atoms with Crippen molar-refractivity contribution >= 4 is 11.8 Å². The second-order valence-electron chi connectivity index (χ2n) is 6.04. The van der Waals surface area contributed by atoms with E-state index < -0.39 is 0 Å². The van der Waals surface area contributed by atoms with Crippen LogP contribution in [0.15, 0.2) is 54.6 Å². The normalized spacial score (nSPS) is 11.6. The highest BCUT2D eigenvalue weighted by molar-refractivity contribution is 5.79. The van der Waals surface area contributed by atoms with Gasteiger partial charge in [0.05, 0.1) is 12.5 Å². The molecule has 0 fully saturated rings. The number of nitrogens with zero attached hydrogens (tertiary/aromatic N) is 1. The van der Waals surface area contributed by atoms with E-state index in [1.165, 1.54) is 12.5 Å². The van der Waals surface area contributed by atoms with Gasteiger partial charge in [-0.3, -0.25) is 9.59 Å². The monoisotopic (exact) mass is 324 g/mol. The number of nitrogens with one attached hydrogen (secondary N) is 1. The van der Waals surface area contributed by atoms with Crippen LogP contribution in [0, 0.1) is 6.92 Å². The van der Waals surface area contributed by atoms with Crippen molar-refractivity contribution in [3.05, 3.63) is 71.3 Å². The molecule has 0 saturated carbocycles. The van der Waals surface area contributed by atoms with Gasteiger partial charge in [0.2, 0.25) is 11.8 Å². The van der Waals surface area contributed by atoms with Crippen LogP contribution in [0.2, 0.25) is 0 Å². The highest BCUT2D eigenvalue weighted by Crippen LogP contribution is 2.18. The van der Waals surface area contributed by atoms with Crippen molar-refractivity contribution in [1.82, 2.24) is 10.2 Å². The van der Waals surface area contributed by atoms with E-state index >= 15 is 0 Å². The molecule has 1 atom stereocenters. The van der Waals surface area contributed by atoms with E-state index in [2.05, 4.69) is 5.32 Å². The van der Waals surface area contributed by atoms with Crippen molar-refractivity contribution in [2.75, 3.05) is 7.05 Å². The molecule has 0 aliphatic rings. The predicted molar refractivity (Wildman–Crippen MR) is 95.3 cm³/mol. The first-order valence-corrected chi connectivity index (χ1v) is 8.08. The highest BCUT2D eigenvalue weighted by Gasteiger charge is 2.19. The van der Waals surface area contributed by atoms with Crippen LogP contribution in [-0.4, -0.2) is 23.8 Å². The van der Waals surface area contributed by atoms with Gasteiger partial charge in [0.15, 0.2) is 0 Å². The van der Waals surface area contributed by atoms with Crippen molar-refractivity contribution < 1.29 is 9.59 Å². The third-order valence-electron chi connectivity index (χ3n) is 4.05. The van der Waals surface area contributed by atoms with Crippen LogP contribution in [0.4, 0.5) is 0 Å². The lowest BCUT2D eigenvalue weighted by atomic mass is 10.0. The molecule has 1 N–H and O–H groups in total. The Morgan fingerprint density at radius 3 is 2.29 bits per heavy atom. The van der Waals surface area contributed by atoms with Crippen molar-refractivity contribution in [1.29, 1.82) is 0 Å². The average molecular weight is 324 g/mol. The van der Waals surface area contributed by atoms with Crippen molar-refractivity contribution in [2.24, 2.45) is 0 Å². The quantitative estimate of drug-likeness (QED) is 0.887. The van der Waals surface area contributed by atoms with E-state index in [1.54, 1.807) is 11.9 Å². The number of aryl methyl sites for hydroxylation is 1. The van der Waals surface area contributed by atoms with Crippen LogP contribution in [0.5, 0.6) is 0 Å². The molecule has 4 nitrogen and oxygen atoms in total. The molecule has 0 aliphatic carbocycles.